The van der Waals surface area contributed by atoms with Crippen LogP contribution in [-0.4, -0.2) is 33.8 Å². The summed E-state index contributed by atoms with van der Waals surface area (Å²) in [7, 11) is 1.37. The number of Topliss-reactive ketones (excluding diaryl/α,β-unsaturated/α-hetero) is 1. The van der Waals surface area contributed by atoms with Gasteiger partial charge in [-0.1, -0.05) is 23.2 Å². The van der Waals surface area contributed by atoms with Crippen LogP contribution in [0.4, 0.5) is 0 Å². The first kappa shape index (κ1) is 21.0. The molecule has 0 saturated carbocycles. The Morgan fingerprint density at radius 3 is 2.61 bits per heavy atom. The lowest BCUT2D eigenvalue weighted by atomic mass is 9.98. The number of rotatable bonds is 5. The van der Waals surface area contributed by atoms with Gasteiger partial charge in [-0.05, 0) is 42.0 Å². The van der Waals surface area contributed by atoms with Crippen molar-refractivity contribution in [1.82, 2.24) is 9.88 Å². The number of methoxy groups -OCH3 is 1. The minimum Gasteiger partial charge on any atom is -0.507 e. The van der Waals surface area contributed by atoms with Crippen LogP contribution in [-0.2, 0) is 16.1 Å². The van der Waals surface area contributed by atoms with Crippen molar-refractivity contribution >= 4 is 40.7 Å². The van der Waals surface area contributed by atoms with Gasteiger partial charge in [-0.2, -0.15) is 0 Å². The molecular formula is C22H16Cl2N2O5. The van der Waals surface area contributed by atoms with Gasteiger partial charge in [0.1, 0.15) is 23.3 Å². The molecule has 3 heterocycles. The summed E-state index contributed by atoms with van der Waals surface area (Å²) >= 11 is 12.3. The standard InChI is InChI=1S/C22H16Cl2N2O5/c1-30-21-14(9-13(23)10-15(21)24)19(27)17-18(16-3-2-8-31-16)26(22(29)20(17)28)11-12-4-6-25-7-5-12/h2-10,18,27H,11H2,1H3/b19-17-. The first-order valence-electron chi connectivity index (χ1n) is 9.16. The van der Waals surface area contributed by atoms with Crippen LogP contribution < -0.4 is 4.74 Å². The summed E-state index contributed by atoms with van der Waals surface area (Å²) in [5.41, 5.74) is 0.709. The van der Waals surface area contributed by atoms with Gasteiger partial charge in [-0.3, -0.25) is 14.6 Å². The van der Waals surface area contributed by atoms with Gasteiger partial charge in [0.25, 0.3) is 11.7 Å². The Morgan fingerprint density at radius 2 is 1.97 bits per heavy atom. The smallest absolute Gasteiger partial charge is 0.296 e. The van der Waals surface area contributed by atoms with Crippen LogP contribution in [0.15, 0.2) is 65.0 Å². The van der Waals surface area contributed by atoms with Gasteiger partial charge >= 0.3 is 0 Å². The zero-order chi connectivity index (χ0) is 22.1. The van der Waals surface area contributed by atoms with E-state index in [0.29, 0.717) is 5.76 Å². The predicted octanol–water partition coefficient (Wildman–Crippen LogP) is 4.61. The molecule has 158 valence electrons. The number of amides is 1. The van der Waals surface area contributed by atoms with Gasteiger partial charge in [0.2, 0.25) is 0 Å². The molecule has 1 N–H and O–H groups in total. The lowest BCUT2D eigenvalue weighted by molar-refractivity contribution is -0.140. The molecule has 1 saturated heterocycles. The van der Waals surface area contributed by atoms with E-state index in [2.05, 4.69) is 4.98 Å². The number of likely N-dealkylation sites (tertiary alicyclic amines) is 1. The van der Waals surface area contributed by atoms with E-state index in [1.54, 1.807) is 36.7 Å². The lowest BCUT2D eigenvalue weighted by Gasteiger charge is -2.23. The Labute approximate surface area is 187 Å². The molecule has 4 rings (SSSR count). The number of aromatic nitrogens is 1. The highest BCUT2D eigenvalue weighted by atomic mass is 35.5. The number of benzene rings is 1. The number of carbonyl (C=O) groups excluding carboxylic acids is 2. The number of hydrogen-bond acceptors (Lipinski definition) is 6. The fourth-order valence-corrected chi connectivity index (χ4v) is 4.13. The largest absolute Gasteiger partial charge is 0.507 e. The Bertz CT molecular complexity index is 1180. The fraction of sp³-hybridized carbons (Fsp3) is 0.136. The summed E-state index contributed by atoms with van der Waals surface area (Å²) in [5.74, 6) is -1.64. The maximum Gasteiger partial charge on any atom is 0.296 e. The zero-order valence-electron chi connectivity index (χ0n) is 16.2. The van der Waals surface area contributed by atoms with Crippen molar-refractivity contribution in [3.05, 3.63) is 87.6 Å². The van der Waals surface area contributed by atoms with Crippen molar-refractivity contribution in [2.45, 2.75) is 12.6 Å². The molecule has 1 amide bonds. The summed E-state index contributed by atoms with van der Waals surface area (Å²) in [5, 5.41) is 11.5. The van der Waals surface area contributed by atoms with Crippen LogP contribution in [0.2, 0.25) is 10.0 Å². The van der Waals surface area contributed by atoms with E-state index in [9.17, 15) is 14.7 Å². The van der Waals surface area contributed by atoms with Gasteiger partial charge in [-0.15, -0.1) is 0 Å². The molecule has 0 bridgehead atoms. The Morgan fingerprint density at radius 1 is 1.23 bits per heavy atom. The fourth-order valence-electron chi connectivity index (χ4n) is 3.56. The first-order chi connectivity index (χ1) is 14.9. The molecule has 9 heteroatoms. The third-order valence-electron chi connectivity index (χ3n) is 4.92. The molecule has 0 spiro atoms. The number of nitrogens with zero attached hydrogens (tertiary/aromatic N) is 2. The number of furan rings is 1. The lowest BCUT2D eigenvalue weighted by Crippen LogP contribution is -2.29. The molecule has 3 aromatic rings. The number of carbonyl (C=O) groups is 2. The topological polar surface area (TPSA) is 92.9 Å². The van der Waals surface area contributed by atoms with Crippen molar-refractivity contribution in [1.29, 1.82) is 0 Å². The highest BCUT2D eigenvalue weighted by Gasteiger charge is 2.47. The van der Waals surface area contributed by atoms with E-state index in [1.807, 2.05) is 0 Å². The van der Waals surface area contributed by atoms with Crippen LogP contribution in [0.25, 0.3) is 5.76 Å². The summed E-state index contributed by atoms with van der Waals surface area (Å²) in [4.78, 5) is 31.3. The van der Waals surface area contributed by atoms with Crippen LogP contribution in [0.1, 0.15) is 22.9 Å². The third-order valence-corrected chi connectivity index (χ3v) is 5.42. The normalized spacial score (nSPS) is 17.9. The monoisotopic (exact) mass is 458 g/mol. The van der Waals surface area contributed by atoms with Crippen molar-refractivity contribution in [2.24, 2.45) is 0 Å². The average molecular weight is 459 g/mol. The number of ether oxygens (including phenoxy) is 1. The zero-order valence-corrected chi connectivity index (χ0v) is 17.7. The van der Waals surface area contributed by atoms with Crippen LogP contribution >= 0.6 is 23.2 Å². The highest BCUT2D eigenvalue weighted by Crippen LogP contribution is 2.43. The molecule has 1 atom stereocenters. The summed E-state index contributed by atoms with van der Waals surface area (Å²) in [6, 6.07) is 8.65. The number of aliphatic hydroxyl groups excluding tert-OH is 1. The summed E-state index contributed by atoms with van der Waals surface area (Å²) in [6.45, 7) is 0.114. The molecule has 1 unspecified atom stereocenters. The van der Waals surface area contributed by atoms with Gasteiger partial charge in [0.15, 0.2) is 0 Å². The molecule has 31 heavy (non-hydrogen) atoms. The quantitative estimate of drug-likeness (QED) is 0.340. The number of pyridine rings is 1. The molecule has 1 aliphatic rings. The minimum atomic E-state index is -0.953. The maximum absolute atomic E-state index is 13.0. The number of aliphatic hydroxyl groups is 1. The Hall–Kier alpha value is -3.29. The van der Waals surface area contributed by atoms with Crippen LogP contribution in [0, 0.1) is 0 Å². The molecule has 0 radical (unpaired) electrons. The SMILES string of the molecule is COc1c(Cl)cc(Cl)cc1/C(O)=C1/C(=O)C(=O)N(Cc2ccncc2)C1c1ccco1. The molecule has 1 fully saturated rings. The van der Waals surface area contributed by atoms with E-state index < -0.39 is 23.5 Å². The van der Waals surface area contributed by atoms with Gasteiger partial charge in [-0.25, -0.2) is 0 Å². The van der Waals surface area contributed by atoms with E-state index in [4.69, 9.17) is 32.4 Å². The van der Waals surface area contributed by atoms with Gasteiger partial charge < -0.3 is 19.2 Å². The third kappa shape index (κ3) is 3.78. The van der Waals surface area contributed by atoms with E-state index in [0.717, 1.165) is 5.56 Å². The molecular weight excluding hydrogens is 443 g/mol. The van der Waals surface area contributed by atoms with Crippen molar-refractivity contribution in [2.75, 3.05) is 7.11 Å². The minimum absolute atomic E-state index is 0.0958. The second-order valence-electron chi connectivity index (χ2n) is 6.77. The van der Waals surface area contributed by atoms with E-state index in [-0.39, 0.29) is 33.5 Å². The van der Waals surface area contributed by atoms with E-state index in [1.165, 1.54) is 30.4 Å². The van der Waals surface area contributed by atoms with Gasteiger partial charge in [0, 0.05) is 24.0 Å². The Kier molecular flexibility index (Phi) is 5.71. The van der Waals surface area contributed by atoms with Crippen LogP contribution in [0.3, 0.4) is 0 Å². The number of hydrogen-bond donors (Lipinski definition) is 1. The Balaban J connectivity index is 1.90. The molecule has 7 nitrogen and oxygen atoms in total. The van der Waals surface area contributed by atoms with Gasteiger partial charge in [0.05, 0.1) is 29.5 Å². The maximum atomic E-state index is 13.0. The molecule has 0 aliphatic carbocycles. The van der Waals surface area contributed by atoms with Crippen molar-refractivity contribution < 1.29 is 23.8 Å². The summed E-state index contributed by atoms with van der Waals surface area (Å²) < 4.78 is 10.8. The number of halogens is 2. The van der Waals surface area contributed by atoms with Crippen molar-refractivity contribution in [3.63, 3.8) is 0 Å². The van der Waals surface area contributed by atoms with E-state index >= 15 is 0 Å². The summed E-state index contributed by atoms with van der Waals surface area (Å²) in [6.07, 6.45) is 4.61. The van der Waals surface area contributed by atoms with Crippen molar-refractivity contribution in [3.8, 4) is 5.75 Å². The predicted molar refractivity (Wildman–Crippen MR) is 114 cm³/mol. The second-order valence-corrected chi connectivity index (χ2v) is 7.61. The number of ketones is 1. The molecule has 1 aromatic carbocycles. The van der Waals surface area contributed by atoms with Crippen LogP contribution in [0.5, 0.6) is 5.75 Å². The molecule has 2 aromatic heterocycles. The molecule has 1 aliphatic heterocycles. The highest BCUT2D eigenvalue weighted by molar-refractivity contribution is 6.46. The average Bonchev–Trinajstić information content (AvgIpc) is 3.36. The second kappa shape index (κ2) is 8.45. The first-order valence-corrected chi connectivity index (χ1v) is 9.92.